The smallest absolute Gasteiger partial charge is 0.227 e. The molecule has 1 fully saturated rings. The molecule has 16 heavy (non-hydrogen) atoms. The van der Waals surface area contributed by atoms with Crippen molar-refractivity contribution >= 4 is 17.2 Å². The van der Waals surface area contributed by atoms with E-state index in [9.17, 15) is 4.79 Å². The summed E-state index contributed by atoms with van der Waals surface area (Å²) in [5.74, 6) is 0.188. The van der Waals surface area contributed by atoms with Crippen molar-refractivity contribution in [2.24, 2.45) is 5.41 Å². The second-order valence-corrected chi connectivity index (χ2v) is 5.40. The van der Waals surface area contributed by atoms with Gasteiger partial charge in [0, 0.05) is 13.1 Å². The Labute approximate surface area is 100 Å². The van der Waals surface area contributed by atoms with Crippen molar-refractivity contribution < 1.29 is 4.79 Å². The summed E-state index contributed by atoms with van der Waals surface area (Å²) in [6, 6.07) is 2.11. The molecule has 0 aromatic carbocycles. The molecule has 1 atom stereocenters. The molecule has 1 aromatic heterocycles. The van der Waals surface area contributed by atoms with Crippen LogP contribution in [0.3, 0.4) is 0 Å². The average molecular weight is 238 g/mol. The molecular weight excluding hydrogens is 220 g/mol. The van der Waals surface area contributed by atoms with Crippen LogP contribution in [0.15, 0.2) is 16.8 Å². The van der Waals surface area contributed by atoms with Gasteiger partial charge in [-0.25, -0.2) is 0 Å². The van der Waals surface area contributed by atoms with E-state index in [0.717, 1.165) is 32.5 Å². The van der Waals surface area contributed by atoms with Crippen LogP contribution >= 0.6 is 11.3 Å². The van der Waals surface area contributed by atoms with Gasteiger partial charge in [0.25, 0.3) is 0 Å². The standard InChI is InChI=1S/C12H18N2OS/c1-12(4-6-13-9-12)11(15)14-5-2-10-3-7-16-8-10/h3,7-8,13H,2,4-6,9H2,1H3,(H,14,15). The van der Waals surface area contributed by atoms with Crippen LogP contribution in [-0.2, 0) is 11.2 Å². The molecule has 1 aliphatic heterocycles. The highest BCUT2D eigenvalue weighted by atomic mass is 32.1. The van der Waals surface area contributed by atoms with E-state index in [1.54, 1.807) is 11.3 Å². The minimum absolute atomic E-state index is 0.188. The molecule has 2 heterocycles. The van der Waals surface area contributed by atoms with Gasteiger partial charge in [-0.1, -0.05) is 0 Å². The van der Waals surface area contributed by atoms with Gasteiger partial charge in [0.05, 0.1) is 5.41 Å². The van der Waals surface area contributed by atoms with Crippen molar-refractivity contribution in [3.8, 4) is 0 Å². The van der Waals surface area contributed by atoms with E-state index in [2.05, 4.69) is 27.5 Å². The maximum Gasteiger partial charge on any atom is 0.227 e. The zero-order valence-electron chi connectivity index (χ0n) is 9.58. The molecule has 1 aliphatic rings. The highest BCUT2D eigenvalue weighted by Crippen LogP contribution is 2.24. The van der Waals surface area contributed by atoms with Crippen LogP contribution in [0.1, 0.15) is 18.9 Å². The Kier molecular flexibility index (Phi) is 3.61. The van der Waals surface area contributed by atoms with E-state index in [1.165, 1.54) is 5.56 Å². The lowest BCUT2D eigenvalue weighted by Crippen LogP contribution is -2.41. The molecule has 1 amide bonds. The summed E-state index contributed by atoms with van der Waals surface area (Å²) >= 11 is 1.70. The van der Waals surface area contributed by atoms with Crippen LogP contribution in [-0.4, -0.2) is 25.5 Å². The van der Waals surface area contributed by atoms with Gasteiger partial charge in [-0.05, 0) is 48.7 Å². The number of carbonyl (C=O) groups is 1. The van der Waals surface area contributed by atoms with Gasteiger partial charge >= 0.3 is 0 Å². The van der Waals surface area contributed by atoms with Gasteiger partial charge in [0.1, 0.15) is 0 Å². The Balaban J connectivity index is 1.75. The van der Waals surface area contributed by atoms with Crippen molar-refractivity contribution in [1.82, 2.24) is 10.6 Å². The highest BCUT2D eigenvalue weighted by molar-refractivity contribution is 7.07. The summed E-state index contributed by atoms with van der Waals surface area (Å²) in [4.78, 5) is 11.9. The summed E-state index contributed by atoms with van der Waals surface area (Å²) in [7, 11) is 0. The first kappa shape index (κ1) is 11.6. The number of hydrogen-bond donors (Lipinski definition) is 2. The second kappa shape index (κ2) is 4.97. The lowest BCUT2D eigenvalue weighted by Gasteiger charge is -2.21. The van der Waals surface area contributed by atoms with Crippen LogP contribution in [0, 0.1) is 5.41 Å². The van der Waals surface area contributed by atoms with Gasteiger partial charge < -0.3 is 10.6 Å². The monoisotopic (exact) mass is 238 g/mol. The van der Waals surface area contributed by atoms with Crippen LogP contribution < -0.4 is 10.6 Å². The van der Waals surface area contributed by atoms with E-state index in [-0.39, 0.29) is 11.3 Å². The van der Waals surface area contributed by atoms with Crippen LogP contribution in [0.5, 0.6) is 0 Å². The zero-order valence-corrected chi connectivity index (χ0v) is 10.4. The molecule has 3 nitrogen and oxygen atoms in total. The van der Waals surface area contributed by atoms with Gasteiger partial charge in [-0.3, -0.25) is 4.79 Å². The quantitative estimate of drug-likeness (QED) is 0.832. The largest absolute Gasteiger partial charge is 0.355 e. The molecule has 1 aromatic rings. The molecule has 0 radical (unpaired) electrons. The predicted octanol–water partition coefficient (Wildman–Crippen LogP) is 1.41. The average Bonchev–Trinajstić information content (AvgIpc) is 2.90. The van der Waals surface area contributed by atoms with E-state index < -0.39 is 0 Å². The Morgan fingerprint density at radius 2 is 2.56 bits per heavy atom. The Hall–Kier alpha value is -0.870. The molecule has 4 heteroatoms. The van der Waals surface area contributed by atoms with Crippen molar-refractivity contribution in [3.05, 3.63) is 22.4 Å². The number of hydrogen-bond acceptors (Lipinski definition) is 3. The first-order valence-electron chi connectivity index (χ1n) is 5.71. The van der Waals surface area contributed by atoms with Gasteiger partial charge in [-0.15, -0.1) is 0 Å². The Bertz CT molecular complexity index is 342. The second-order valence-electron chi connectivity index (χ2n) is 4.62. The molecule has 0 saturated carbocycles. The van der Waals surface area contributed by atoms with Gasteiger partial charge in [-0.2, -0.15) is 11.3 Å². The summed E-state index contributed by atoms with van der Waals surface area (Å²) in [5, 5.41) is 10.5. The van der Waals surface area contributed by atoms with Crippen LogP contribution in [0.4, 0.5) is 0 Å². The Morgan fingerprint density at radius 1 is 1.69 bits per heavy atom. The number of nitrogens with one attached hydrogen (secondary N) is 2. The third kappa shape index (κ3) is 2.62. The van der Waals surface area contributed by atoms with Crippen LogP contribution in [0.25, 0.3) is 0 Å². The molecule has 1 unspecified atom stereocenters. The summed E-state index contributed by atoms with van der Waals surface area (Å²) in [5.41, 5.74) is 1.11. The van der Waals surface area contributed by atoms with Crippen molar-refractivity contribution in [1.29, 1.82) is 0 Å². The maximum atomic E-state index is 11.9. The molecule has 0 spiro atoms. The third-order valence-electron chi connectivity index (χ3n) is 3.20. The summed E-state index contributed by atoms with van der Waals surface area (Å²) in [6.07, 6.45) is 1.87. The fourth-order valence-electron chi connectivity index (χ4n) is 1.98. The molecule has 0 bridgehead atoms. The number of amides is 1. The van der Waals surface area contributed by atoms with Crippen LogP contribution in [0.2, 0.25) is 0 Å². The van der Waals surface area contributed by atoms with E-state index >= 15 is 0 Å². The summed E-state index contributed by atoms with van der Waals surface area (Å²) < 4.78 is 0. The van der Waals surface area contributed by atoms with E-state index in [0.29, 0.717) is 0 Å². The number of carbonyl (C=O) groups excluding carboxylic acids is 1. The fourth-order valence-corrected chi connectivity index (χ4v) is 2.68. The lowest BCUT2D eigenvalue weighted by atomic mass is 9.89. The molecular formula is C12H18N2OS. The van der Waals surface area contributed by atoms with Gasteiger partial charge in [0.2, 0.25) is 5.91 Å². The van der Waals surface area contributed by atoms with Crippen molar-refractivity contribution in [2.45, 2.75) is 19.8 Å². The van der Waals surface area contributed by atoms with E-state index in [4.69, 9.17) is 0 Å². The van der Waals surface area contributed by atoms with Crippen molar-refractivity contribution in [2.75, 3.05) is 19.6 Å². The summed E-state index contributed by atoms with van der Waals surface area (Å²) in [6.45, 7) is 4.53. The molecule has 2 rings (SSSR count). The molecule has 88 valence electrons. The minimum atomic E-state index is -0.200. The molecule has 2 N–H and O–H groups in total. The molecule has 1 saturated heterocycles. The lowest BCUT2D eigenvalue weighted by molar-refractivity contribution is -0.129. The highest BCUT2D eigenvalue weighted by Gasteiger charge is 2.35. The number of thiophene rings is 1. The maximum absolute atomic E-state index is 11.9. The van der Waals surface area contributed by atoms with Gasteiger partial charge in [0.15, 0.2) is 0 Å². The van der Waals surface area contributed by atoms with E-state index in [1.807, 2.05) is 6.92 Å². The first-order valence-corrected chi connectivity index (χ1v) is 6.65. The topological polar surface area (TPSA) is 41.1 Å². The SMILES string of the molecule is CC1(C(=O)NCCc2ccsc2)CCNC1. The number of rotatable bonds is 4. The third-order valence-corrected chi connectivity index (χ3v) is 3.93. The normalized spacial score (nSPS) is 24.6. The first-order chi connectivity index (χ1) is 7.71. The fraction of sp³-hybridized carbons (Fsp3) is 0.583. The minimum Gasteiger partial charge on any atom is -0.355 e. The Morgan fingerprint density at radius 3 is 3.19 bits per heavy atom. The van der Waals surface area contributed by atoms with Crippen molar-refractivity contribution in [3.63, 3.8) is 0 Å². The predicted molar refractivity (Wildman–Crippen MR) is 66.6 cm³/mol. The zero-order chi connectivity index (χ0) is 11.4. The molecule has 0 aliphatic carbocycles.